The van der Waals surface area contributed by atoms with Crippen LogP contribution in [0.15, 0.2) is 34.1 Å². The van der Waals surface area contributed by atoms with Crippen LogP contribution in [0.4, 0.5) is 0 Å². The monoisotopic (exact) mass is 202 g/mol. The summed E-state index contributed by atoms with van der Waals surface area (Å²) in [5.74, 6) is 0.784. The molecule has 0 spiro atoms. The molecule has 0 unspecified atom stereocenters. The second-order valence-electron chi connectivity index (χ2n) is 1.68. The first-order chi connectivity index (χ1) is 4.83. The Morgan fingerprint density at radius 2 is 2.50 bits per heavy atom. The molecule has 0 aromatic carbocycles. The van der Waals surface area contributed by atoms with Gasteiger partial charge in [-0.1, -0.05) is 6.58 Å². The largest absolute Gasteiger partial charge is 0.494 e. The Hall–Kier alpha value is -0.700. The fourth-order valence-electron chi connectivity index (χ4n) is 0.570. The van der Waals surface area contributed by atoms with E-state index in [1.807, 2.05) is 12.1 Å². The molecule has 2 nitrogen and oxygen atoms in total. The molecule has 0 amide bonds. The average Bonchev–Trinajstić information content (AvgIpc) is 2.31. The Bertz CT molecular complexity index is 217. The third-order valence-electron chi connectivity index (χ3n) is 0.972. The molecule has 0 aliphatic carbocycles. The molecule has 3 heteroatoms. The van der Waals surface area contributed by atoms with E-state index in [4.69, 9.17) is 9.15 Å². The summed E-state index contributed by atoms with van der Waals surface area (Å²) >= 11 is 3.18. The van der Waals surface area contributed by atoms with E-state index in [-0.39, 0.29) is 0 Å². The lowest BCUT2D eigenvalue weighted by Gasteiger charge is -1.93. The summed E-state index contributed by atoms with van der Waals surface area (Å²) in [5.41, 5.74) is 0. The van der Waals surface area contributed by atoms with Crippen LogP contribution >= 0.6 is 15.9 Å². The summed E-state index contributed by atoms with van der Waals surface area (Å²) in [5, 5.41) is 0. The molecule has 1 aromatic rings. The van der Waals surface area contributed by atoms with Crippen LogP contribution in [0.1, 0.15) is 5.76 Å². The second kappa shape index (κ2) is 3.46. The van der Waals surface area contributed by atoms with Gasteiger partial charge in [0.25, 0.3) is 0 Å². The second-order valence-corrected chi connectivity index (χ2v) is 2.47. The van der Waals surface area contributed by atoms with Crippen molar-refractivity contribution in [1.82, 2.24) is 0 Å². The van der Waals surface area contributed by atoms with Gasteiger partial charge in [-0.15, -0.1) is 0 Å². The van der Waals surface area contributed by atoms with Crippen molar-refractivity contribution in [2.75, 3.05) is 0 Å². The molecule has 1 heterocycles. The Kier molecular flexibility index (Phi) is 2.57. The van der Waals surface area contributed by atoms with Crippen molar-refractivity contribution in [3.63, 3.8) is 0 Å². The van der Waals surface area contributed by atoms with Gasteiger partial charge in [0.05, 0.1) is 6.26 Å². The molecule has 0 fully saturated rings. The van der Waals surface area contributed by atoms with Crippen molar-refractivity contribution >= 4 is 15.9 Å². The van der Waals surface area contributed by atoms with E-state index in [0.29, 0.717) is 6.61 Å². The zero-order valence-electron chi connectivity index (χ0n) is 5.34. The van der Waals surface area contributed by atoms with Gasteiger partial charge in [-0.05, 0) is 28.1 Å². The molecule has 1 aromatic heterocycles. The first-order valence-electron chi connectivity index (χ1n) is 2.79. The van der Waals surface area contributed by atoms with Gasteiger partial charge < -0.3 is 9.15 Å². The molecular weight excluding hydrogens is 196 g/mol. The third kappa shape index (κ3) is 1.92. The highest BCUT2D eigenvalue weighted by atomic mass is 79.9. The van der Waals surface area contributed by atoms with Crippen LogP contribution in [-0.4, -0.2) is 0 Å². The van der Waals surface area contributed by atoms with E-state index in [1.54, 1.807) is 0 Å². The predicted molar refractivity (Wildman–Crippen MR) is 41.4 cm³/mol. The zero-order chi connectivity index (χ0) is 7.40. The quantitative estimate of drug-likeness (QED) is 0.704. The molecule has 0 aliphatic heterocycles. The van der Waals surface area contributed by atoms with Crippen LogP contribution in [0.25, 0.3) is 0 Å². The van der Waals surface area contributed by atoms with E-state index in [1.165, 1.54) is 6.26 Å². The minimum Gasteiger partial charge on any atom is -0.494 e. The van der Waals surface area contributed by atoms with Crippen LogP contribution in [-0.2, 0) is 11.3 Å². The van der Waals surface area contributed by atoms with Gasteiger partial charge in [0.2, 0.25) is 0 Å². The summed E-state index contributed by atoms with van der Waals surface area (Å²) in [6, 6.07) is 3.66. The van der Waals surface area contributed by atoms with Gasteiger partial charge in [0, 0.05) is 0 Å². The maximum Gasteiger partial charge on any atom is 0.169 e. The Morgan fingerprint density at radius 3 is 3.00 bits per heavy atom. The van der Waals surface area contributed by atoms with Crippen molar-refractivity contribution in [2.24, 2.45) is 0 Å². The normalized spacial score (nSPS) is 9.30. The number of ether oxygens (including phenoxy) is 1. The lowest BCUT2D eigenvalue weighted by molar-refractivity contribution is 0.209. The fraction of sp³-hybridized carbons (Fsp3) is 0.143. The first kappa shape index (κ1) is 7.41. The van der Waals surface area contributed by atoms with Crippen molar-refractivity contribution < 1.29 is 9.15 Å². The third-order valence-corrected chi connectivity index (χ3v) is 1.40. The van der Waals surface area contributed by atoms with E-state index in [0.717, 1.165) is 10.4 Å². The molecule has 0 N–H and O–H groups in total. The summed E-state index contributed by atoms with van der Waals surface area (Å²) in [6.07, 6.45) is 1.39. The zero-order valence-corrected chi connectivity index (χ0v) is 6.93. The number of halogens is 1. The maximum absolute atomic E-state index is 5.13. The van der Waals surface area contributed by atoms with Gasteiger partial charge in [-0.3, -0.25) is 0 Å². The van der Waals surface area contributed by atoms with E-state index in [2.05, 4.69) is 22.5 Å². The molecule has 0 saturated heterocycles. The van der Waals surface area contributed by atoms with Gasteiger partial charge in [0.1, 0.15) is 12.4 Å². The standard InChI is InChI=1S/C7H7BrO2/c1-2-9-5-6-3-4-7(8)10-6/h2-4H,1,5H2. The number of furan rings is 1. The Morgan fingerprint density at radius 1 is 1.70 bits per heavy atom. The summed E-state index contributed by atoms with van der Waals surface area (Å²) in [7, 11) is 0. The summed E-state index contributed by atoms with van der Waals surface area (Å²) in [6.45, 7) is 3.85. The molecular formula is C7H7BrO2. The lowest BCUT2D eigenvalue weighted by atomic mass is 10.5. The smallest absolute Gasteiger partial charge is 0.169 e. The van der Waals surface area contributed by atoms with E-state index < -0.39 is 0 Å². The van der Waals surface area contributed by atoms with Gasteiger partial charge in [-0.2, -0.15) is 0 Å². The summed E-state index contributed by atoms with van der Waals surface area (Å²) < 4.78 is 10.7. The van der Waals surface area contributed by atoms with Crippen LogP contribution in [0.3, 0.4) is 0 Å². The minimum atomic E-state index is 0.440. The molecule has 0 saturated carbocycles. The number of hydrogen-bond donors (Lipinski definition) is 0. The minimum absolute atomic E-state index is 0.440. The van der Waals surface area contributed by atoms with E-state index in [9.17, 15) is 0 Å². The van der Waals surface area contributed by atoms with Gasteiger partial charge in [-0.25, -0.2) is 0 Å². The van der Waals surface area contributed by atoms with Gasteiger partial charge >= 0.3 is 0 Å². The molecule has 54 valence electrons. The van der Waals surface area contributed by atoms with Crippen molar-refractivity contribution in [1.29, 1.82) is 0 Å². The highest BCUT2D eigenvalue weighted by molar-refractivity contribution is 9.10. The highest BCUT2D eigenvalue weighted by Crippen LogP contribution is 2.14. The Labute approximate surface area is 67.6 Å². The van der Waals surface area contributed by atoms with Crippen LogP contribution in [0, 0.1) is 0 Å². The predicted octanol–water partition coefficient (Wildman–Crippen LogP) is 2.70. The topological polar surface area (TPSA) is 22.4 Å². The van der Waals surface area contributed by atoms with Crippen molar-refractivity contribution in [3.05, 3.63) is 35.4 Å². The van der Waals surface area contributed by atoms with Crippen LogP contribution < -0.4 is 0 Å². The summed E-state index contributed by atoms with van der Waals surface area (Å²) in [4.78, 5) is 0. The molecule has 1 rings (SSSR count). The number of hydrogen-bond acceptors (Lipinski definition) is 2. The Balaban J connectivity index is 2.49. The average molecular weight is 203 g/mol. The van der Waals surface area contributed by atoms with Crippen molar-refractivity contribution in [2.45, 2.75) is 6.61 Å². The SMILES string of the molecule is C=COCc1ccc(Br)o1. The fourth-order valence-corrected chi connectivity index (χ4v) is 0.910. The molecule has 0 atom stereocenters. The molecule has 0 bridgehead atoms. The lowest BCUT2D eigenvalue weighted by Crippen LogP contribution is -1.80. The van der Waals surface area contributed by atoms with Crippen molar-refractivity contribution in [3.8, 4) is 0 Å². The van der Waals surface area contributed by atoms with Crippen LogP contribution in [0.5, 0.6) is 0 Å². The van der Waals surface area contributed by atoms with Gasteiger partial charge in [0.15, 0.2) is 4.67 Å². The highest BCUT2D eigenvalue weighted by Gasteiger charge is 1.96. The van der Waals surface area contributed by atoms with Crippen LogP contribution in [0.2, 0.25) is 0 Å². The molecule has 0 aliphatic rings. The maximum atomic E-state index is 5.13. The molecule has 0 radical (unpaired) electrons. The number of rotatable bonds is 3. The van der Waals surface area contributed by atoms with E-state index >= 15 is 0 Å². The first-order valence-corrected chi connectivity index (χ1v) is 3.59. The molecule has 10 heavy (non-hydrogen) atoms.